The Bertz CT molecular complexity index is 981. The van der Waals surface area contributed by atoms with Gasteiger partial charge >= 0.3 is 0 Å². The topological polar surface area (TPSA) is 71.0 Å². The second kappa shape index (κ2) is 12.7. The smallest absolute Gasteiger partial charge is 0.238 e. The van der Waals surface area contributed by atoms with Gasteiger partial charge in [0, 0.05) is 13.0 Å². The molecule has 0 spiro atoms. The molecule has 33 heavy (non-hydrogen) atoms. The van der Waals surface area contributed by atoms with Gasteiger partial charge in [0.05, 0.1) is 23.5 Å². The van der Waals surface area contributed by atoms with E-state index < -0.39 is 5.25 Å². The number of unbranched alkanes of at least 4 members (excludes halogenated alkanes) is 4. The zero-order valence-corrected chi connectivity index (χ0v) is 20.6. The highest BCUT2D eigenvalue weighted by Crippen LogP contribution is 2.31. The first-order chi connectivity index (χ1) is 16.0. The molecule has 1 aliphatic rings. The number of ether oxygens (including phenoxy) is 1. The summed E-state index contributed by atoms with van der Waals surface area (Å²) in [5.41, 5.74) is 1.23. The predicted molar refractivity (Wildman–Crippen MR) is 137 cm³/mol. The lowest BCUT2D eigenvalue weighted by Gasteiger charge is -2.32. The van der Waals surface area contributed by atoms with Crippen molar-refractivity contribution in [2.45, 2.75) is 50.7 Å². The van der Waals surface area contributed by atoms with E-state index in [0.717, 1.165) is 25.0 Å². The first-order valence-electron chi connectivity index (χ1n) is 11.3. The van der Waals surface area contributed by atoms with Crippen molar-refractivity contribution in [3.63, 3.8) is 0 Å². The van der Waals surface area contributed by atoms with Gasteiger partial charge in [-0.3, -0.25) is 14.5 Å². The maximum atomic E-state index is 13.1. The van der Waals surface area contributed by atoms with Crippen LogP contribution in [0.4, 0.5) is 11.4 Å². The zero-order valence-electron chi connectivity index (χ0n) is 19.1. The summed E-state index contributed by atoms with van der Waals surface area (Å²) in [6.07, 6.45) is 5.61. The minimum atomic E-state index is -0.581. The number of anilines is 1. The zero-order chi connectivity index (χ0) is 23.6. The van der Waals surface area contributed by atoms with Gasteiger partial charge in [0.1, 0.15) is 11.0 Å². The average Bonchev–Trinajstić information content (AvgIpc) is 2.82. The molecule has 0 radical (unpaired) electrons. The monoisotopic (exact) mass is 487 g/mol. The van der Waals surface area contributed by atoms with Crippen LogP contribution in [0.3, 0.4) is 0 Å². The van der Waals surface area contributed by atoms with Crippen LogP contribution in [0.5, 0.6) is 5.75 Å². The molecule has 1 heterocycles. The minimum absolute atomic E-state index is 0.0872. The Morgan fingerprint density at radius 3 is 2.58 bits per heavy atom. The number of amidine groups is 1. The first kappa shape index (κ1) is 25.1. The number of nitrogens with one attached hydrogen (secondary N) is 1. The molecule has 1 unspecified atom stereocenters. The first-order valence-corrected chi connectivity index (χ1v) is 12.5. The Balaban J connectivity index is 1.77. The molecule has 0 bridgehead atoms. The quantitative estimate of drug-likeness (QED) is 0.400. The number of halogens is 1. The number of rotatable bonds is 10. The van der Waals surface area contributed by atoms with Crippen LogP contribution in [-0.2, 0) is 9.59 Å². The van der Waals surface area contributed by atoms with Crippen molar-refractivity contribution in [1.29, 1.82) is 0 Å². The Morgan fingerprint density at radius 1 is 1.15 bits per heavy atom. The van der Waals surface area contributed by atoms with E-state index in [2.05, 4.69) is 12.2 Å². The molecule has 1 N–H and O–H groups in total. The molecular weight excluding hydrogens is 458 g/mol. The molecule has 1 atom stereocenters. The predicted octanol–water partition coefficient (Wildman–Crippen LogP) is 6.28. The molecule has 2 amide bonds. The van der Waals surface area contributed by atoms with Crippen molar-refractivity contribution < 1.29 is 14.3 Å². The number of hydrogen-bond donors (Lipinski definition) is 1. The van der Waals surface area contributed by atoms with Crippen molar-refractivity contribution >= 4 is 51.7 Å². The number of para-hydroxylation sites is 1. The number of thioether (sulfide) groups is 1. The van der Waals surface area contributed by atoms with E-state index in [1.54, 1.807) is 36.3 Å². The Kier molecular flexibility index (Phi) is 9.63. The summed E-state index contributed by atoms with van der Waals surface area (Å²) in [7, 11) is 1.61. The van der Waals surface area contributed by atoms with Gasteiger partial charge in [-0.15, -0.1) is 0 Å². The van der Waals surface area contributed by atoms with Crippen LogP contribution in [0.25, 0.3) is 0 Å². The molecule has 0 aromatic heterocycles. The second-order valence-electron chi connectivity index (χ2n) is 7.83. The molecule has 8 heteroatoms. The van der Waals surface area contributed by atoms with Crippen molar-refractivity contribution in [2.24, 2.45) is 4.99 Å². The van der Waals surface area contributed by atoms with Gasteiger partial charge in [0.2, 0.25) is 11.8 Å². The Labute approximate surface area is 204 Å². The van der Waals surface area contributed by atoms with E-state index in [1.807, 2.05) is 24.3 Å². The van der Waals surface area contributed by atoms with Gasteiger partial charge in [-0.05, 0) is 42.8 Å². The Morgan fingerprint density at radius 2 is 1.88 bits per heavy atom. The number of methoxy groups -OCH3 is 1. The van der Waals surface area contributed by atoms with Crippen LogP contribution < -0.4 is 10.1 Å². The van der Waals surface area contributed by atoms with Crippen LogP contribution >= 0.6 is 23.4 Å². The maximum absolute atomic E-state index is 13.1. The third kappa shape index (κ3) is 7.24. The summed E-state index contributed by atoms with van der Waals surface area (Å²) in [5.74, 6) is 0.387. The van der Waals surface area contributed by atoms with Crippen LogP contribution in [0.2, 0.25) is 5.02 Å². The molecule has 1 fully saturated rings. The summed E-state index contributed by atoms with van der Waals surface area (Å²) < 4.78 is 5.22. The third-order valence-electron chi connectivity index (χ3n) is 5.35. The molecule has 2 aromatic rings. The summed E-state index contributed by atoms with van der Waals surface area (Å²) in [6, 6.07) is 14.4. The second-order valence-corrected chi connectivity index (χ2v) is 9.41. The van der Waals surface area contributed by atoms with E-state index in [9.17, 15) is 9.59 Å². The lowest BCUT2D eigenvalue weighted by molar-refractivity contribution is -0.129. The summed E-state index contributed by atoms with van der Waals surface area (Å²) in [5, 5.41) is 3.27. The van der Waals surface area contributed by atoms with Crippen LogP contribution in [0.15, 0.2) is 53.5 Å². The number of aliphatic imine (C=N–C) groups is 1. The molecule has 3 rings (SSSR count). The van der Waals surface area contributed by atoms with Crippen molar-refractivity contribution in [3.8, 4) is 5.75 Å². The summed E-state index contributed by atoms with van der Waals surface area (Å²) in [6.45, 7) is 2.78. The largest absolute Gasteiger partial charge is 0.497 e. The van der Waals surface area contributed by atoms with E-state index in [0.29, 0.717) is 28.1 Å². The molecule has 0 saturated carbocycles. The molecule has 0 aliphatic carbocycles. The number of benzene rings is 2. The van der Waals surface area contributed by atoms with Crippen molar-refractivity contribution in [2.75, 3.05) is 19.0 Å². The lowest BCUT2D eigenvalue weighted by Crippen LogP contribution is -2.45. The SMILES string of the molecule is CCCCCCCN1C(=O)CC(C(=O)Nc2ccccc2Cl)SC1=Nc1ccc(OC)cc1. The van der Waals surface area contributed by atoms with Gasteiger partial charge < -0.3 is 10.1 Å². The van der Waals surface area contributed by atoms with Gasteiger partial charge in [-0.1, -0.05) is 68.1 Å². The summed E-state index contributed by atoms with van der Waals surface area (Å²) >= 11 is 7.50. The maximum Gasteiger partial charge on any atom is 0.238 e. The highest BCUT2D eigenvalue weighted by atomic mass is 35.5. The number of nitrogens with zero attached hydrogens (tertiary/aromatic N) is 2. The molecule has 1 saturated heterocycles. The van der Waals surface area contributed by atoms with E-state index in [1.165, 1.54) is 24.6 Å². The van der Waals surface area contributed by atoms with Crippen LogP contribution in [0.1, 0.15) is 45.4 Å². The molecule has 6 nitrogen and oxygen atoms in total. The molecule has 1 aliphatic heterocycles. The average molecular weight is 488 g/mol. The van der Waals surface area contributed by atoms with Gasteiger partial charge in [-0.25, -0.2) is 4.99 Å². The standard InChI is InChI=1S/C25H30ClN3O3S/c1-3-4-5-6-9-16-29-23(30)17-22(24(31)28-21-11-8-7-10-20(21)26)33-25(29)27-18-12-14-19(32-2)15-13-18/h7-8,10-15,22H,3-6,9,16-17H2,1-2H3,(H,28,31). The van der Waals surface area contributed by atoms with Crippen LogP contribution in [-0.4, -0.2) is 40.8 Å². The normalized spacial score (nSPS) is 17.3. The minimum Gasteiger partial charge on any atom is -0.497 e. The molecule has 176 valence electrons. The highest BCUT2D eigenvalue weighted by Gasteiger charge is 2.35. The van der Waals surface area contributed by atoms with Gasteiger partial charge in [0.15, 0.2) is 5.17 Å². The van der Waals surface area contributed by atoms with E-state index >= 15 is 0 Å². The molecule has 2 aromatic carbocycles. The number of amides is 2. The van der Waals surface area contributed by atoms with Crippen LogP contribution in [0, 0.1) is 0 Å². The number of carbonyl (C=O) groups excluding carboxylic acids is 2. The fourth-order valence-corrected chi connectivity index (χ4v) is 4.79. The third-order valence-corrected chi connectivity index (χ3v) is 6.86. The lowest BCUT2D eigenvalue weighted by atomic mass is 10.1. The fourth-order valence-electron chi connectivity index (χ4n) is 3.48. The van der Waals surface area contributed by atoms with Crippen molar-refractivity contribution in [3.05, 3.63) is 53.6 Å². The fraction of sp³-hybridized carbons (Fsp3) is 0.400. The van der Waals surface area contributed by atoms with Gasteiger partial charge in [0.25, 0.3) is 0 Å². The van der Waals surface area contributed by atoms with Crippen molar-refractivity contribution in [1.82, 2.24) is 4.90 Å². The summed E-state index contributed by atoms with van der Waals surface area (Å²) in [4.78, 5) is 32.5. The Hall–Kier alpha value is -2.51. The highest BCUT2D eigenvalue weighted by molar-refractivity contribution is 8.15. The van der Waals surface area contributed by atoms with E-state index in [-0.39, 0.29) is 18.2 Å². The number of carbonyl (C=O) groups is 2. The van der Waals surface area contributed by atoms with Gasteiger partial charge in [-0.2, -0.15) is 0 Å². The van der Waals surface area contributed by atoms with E-state index in [4.69, 9.17) is 21.3 Å². The number of hydrogen-bond acceptors (Lipinski definition) is 5. The molecular formula is C25H30ClN3O3S.